The average molecular weight is 342 g/mol. The molecule has 0 bridgehead atoms. The van der Waals surface area contributed by atoms with Crippen LogP contribution in [0.4, 0.5) is 0 Å². The van der Waals surface area contributed by atoms with Crippen LogP contribution in [0.15, 0.2) is 24.3 Å². The highest BCUT2D eigenvalue weighted by Gasteiger charge is 2.38. The summed E-state index contributed by atoms with van der Waals surface area (Å²) in [4.78, 5) is 27.5. The number of nitrogens with two attached hydrogens (primary N) is 1. The highest BCUT2D eigenvalue weighted by atomic mass is 16.5. The lowest BCUT2D eigenvalue weighted by atomic mass is 10.1. The normalized spacial score (nSPS) is 20.8. The zero-order valence-electron chi connectivity index (χ0n) is 14.1. The van der Waals surface area contributed by atoms with Gasteiger partial charge in [0.25, 0.3) is 0 Å². The van der Waals surface area contributed by atoms with Gasteiger partial charge in [-0.25, -0.2) is 0 Å². The van der Waals surface area contributed by atoms with Crippen molar-refractivity contribution in [3.8, 4) is 11.8 Å². The zero-order valence-corrected chi connectivity index (χ0v) is 14.1. The van der Waals surface area contributed by atoms with E-state index >= 15 is 0 Å². The predicted molar refractivity (Wildman–Crippen MR) is 90.8 cm³/mol. The van der Waals surface area contributed by atoms with Crippen LogP contribution in [0.2, 0.25) is 0 Å². The molecule has 1 aromatic carbocycles. The first-order valence-corrected chi connectivity index (χ1v) is 8.54. The van der Waals surface area contributed by atoms with Crippen molar-refractivity contribution in [3.63, 3.8) is 0 Å². The lowest BCUT2D eigenvalue weighted by molar-refractivity contribution is -0.134. The average Bonchev–Trinajstić information content (AvgIpc) is 3.46. The van der Waals surface area contributed by atoms with Crippen molar-refractivity contribution < 1.29 is 14.3 Å². The molecule has 7 heteroatoms. The number of nitriles is 1. The smallest absolute Gasteiger partial charge is 0.248 e. The van der Waals surface area contributed by atoms with Crippen LogP contribution >= 0.6 is 0 Å². The summed E-state index contributed by atoms with van der Waals surface area (Å²) in [6, 6.07) is 9.22. The SMILES string of the molecule is N#CC1CN(C(=O)CCOc2cccc(C(N)=O)c2)CCN1C1CC1. The largest absolute Gasteiger partial charge is 0.493 e. The molecule has 3 rings (SSSR count). The molecule has 0 radical (unpaired) electrons. The Bertz CT molecular complexity index is 696. The van der Waals surface area contributed by atoms with Crippen LogP contribution in [-0.2, 0) is 4.79 Å². The van der Waals surface area contributed by atoms with E-state index in [0.717, 1.165) is 19.4 Å². The molecule has 2 fully saturated rings. The number of hydrogen-bond donors (Lipinski definition) is 1. The summed E-state index contributed by atoms with van der Waals surface area (Å²) >= 11 is 0. The number of carbonyl (C=O) groups excluding carboxylic acids is 2. The number of amides is 2. The molecule has 0 aromatic heterocycles. The third-order valence-corrected chi connectivity index (χ3v) is 4.64. The number of carbonyl (C=O) groups is 2. The summed E-state index contributed by atoms with van der Waals surface area (Å²) in [7, 11) is 0. The third kappa shape index (κ3) is 4.28. The van der Waals surface area contributed by atoms with E-state index in [9.17, 15) is 14.9 Å². The first-order valence-electron chi connectivity index (χ1n) is 8.54. The molecular weight excluding hydrogens is 320 g/mol. The van der Waals surface area contributed by atoms with Gasteiger partial charge in [0.15, 0.2) is 0 Å². The van der Waals surface area contributed by atoms with Gasteiger partial charge in [-0.1, -0.05) is 6.07 Å². The molecule has 1 unspecified atom stereocenters. The maximum Gasteiger partial charge on any atom is 0.248 e. The maximum absolute atomic E-state index is 12.4. The van der Waals surface area contributed by atoms with Gasteiger partial charge in [0.05, 0.1) is 19.1 Å². The van der Waals surface area contributed by atoms with E-state index in [1.165, 1.54) is 0 Å². The Morgan fingerprint density at radius 1 is 1.32 bits per heavy atom. The van der Waals surface area contributed by atoms with Gasteiger partial charge in [0.1, 0.15) is 11.8 Å². The summed E-state index contributed by atoms with van der Waals surface area (Å²) in [5, 5.41) is 9.34. The quantitative estimate of drug-likeness (QED) is 0.822. The number of rotatable bonds is 6. The van der Waals surface area contributed by atoms with Crippen LogP contribution in [0, 0.1) is 11.3 Å². The van der Waals surface area contributed by atoms with Gasteiger partial charge in [-0.3, -0.25) is 14.5 Å². The van der Waals surface area contributed by atoms with Crippen LogP contribution in [0.1, 0.15) is 29.6 Å². The number of piperazine rings is 1. The van der Waals surface area contributed by atoms with Crippen molar-refractivity contribution in [3.05, 3.63) is 29.8 Å². The summed E-state index contributed by atoms with van der Waals surface area (Å²) in [5.41, 5.74) is 5.61. The standard InChI is InChI=1S/C18H22N4O3/c19-11-15-12-21(7-8-22(15)14-4-5-14)17(23)6-9-25-16-3-1-2-13(10-16)18(20)24/h1-3,10,14-15H,4-9,12H2,(H2,20,24). The lowest BCUT2D eigenvalue weighted by Gasteiger charge is -2.38. The Morgan fingerprint density at radius 3 is 2.80 bits per heavy atom. The van der Waals surface area contributed by atoms with E-state index in [2.05, 4.69) is 11.0 Å². The molecule has 132 valence electrons. The Kier molecular flexibility index (Phi) is 5.19. The van der Waals surface area contributed by atoms with Crippen LogP contribution in [0.5, 0.6) is 5.75 Å². The van der Waals surface area contributed by atoms with E-state index in [-0.39, 0.29) is 25.0 Å². The van der Waals surface area contributed by atoms with E-state index in [4.69, 9.17) is 10.5 Å². The minimum absolute atomic E-state index is 0.0123. The Labute approximate surface area is 146 Å². The zero-order chi connectivity index (χ0) is 17.8. The fourth-order valence-corrected chi connectivity index (χ4v) is 3.14. The van der Waals surface area contributed by atoms with Gasteiger partial charge >= 0.3 is 0 Å². The second-order valence-electron chi connectivity index (χ2n) is 6.44. The number of ether oxygens (including phenoxy) is 1. The first-order chi connectivity index (χ1) is 12.1. The van der Waals surface area contributed by atoms with Crippen molar-refractivity contribution in [2.75, 3.05) is 26.2 Å². The highest BCUT2D eigenvalue weighted by molar-refractivity contribution is 5.93. The van der Waals surface area contributed by atoms with Gasteiger partial charge in [-0.15, -0.1) is 0 Å². The maximum atomic E-state index is 12.4. The Hall–Kier alpha value is -2.59. The second kappa shape index (κ2) is 7.53. The van der Waals surface area contributed by atoms with Crippen molar-refractivity contribution in [1.82, 2.24) is 9.80 Å². The van der Waals surface area contributed by atoms with Crippen LogP contribution in [-0.4, -0.2) is 59.9 Å². The number of hydrogen-bond acceptors (Lipinski definition) is 5. The van der Waals surface area contributed by atoms with E-state index < -0.39 is 5.91 Å². The molecule has 2 aliphatic rings. The fourth-order valence-electron chi connectivity index (χ4n) is 3.14. The summed E-state index contributed by atoms with van der Waals surface area (Å²) in [6.45, 7) is 2.10. The molecule has 1 saturated carbocycles. The monoisotopic (exact) mass is 342 g/mol. The van der Waals surface area contributed by atoms with E-state index in [0.29, 0.717) is 30.4 Å². The van der Waals surface area contributed by atoms with Gasteiger partial charge < -0.3 is 15.4 Å². The molecule has 7 nitrogen and oxygen atoms in total. The molecule has 1 saturated heterocycles. The van der Waals surface area contributed by atoms with Crippen molar-refractivity contribution in [1.29, 1.82) is 5.26 Å². The highest BCUT2D eigenvalue weighted by Crippen LogP contribution is 2.30. The van der Waals surface area contributed by atoms with Crippen molar-refractivity contribution in [2.45, 2.75) is 31.3 Å². The molecule has 1 aromatic rings. The molecular formula is C18H22N4O3. The molecule has 1 aliphatic heterocycles. The van der Waals surface area contributed by atoms with E-state index in [1.807, 2.05) is 0 Å². The van der Waals surface area contributed by atoms with Crippen LogP contribution in [0.25, 0.3) is 0 Å². The Balaban J connectivity index is 1.47. The number of primary amides is 1. The molecule has 25 heavy (non-hydrogen) atoms. The summed E-state index contributed by atoms with van der Waals surface area (Å²) < 4.78 is 5.55. The third-order valence-electron chi connectivity index (χ3n) is 4.64. The van der Waals surface area contributed by atoms with Crippen molar-refractivity contribution in [2.24, 2.45) is 5.73 Å². The molecule has 1 atom stereocenters. The summed E-state index contributed by atoms with van der Waals surface area (Å²) in [6.07, 6.45) is 2.55. The predicted octanol–water partition coefficient (Wildman–Crippen LogP) is 0.753. The van der Waals surface area contributed by atoms with Gasteiger partial charge in [-0.2, -0.15) is 5.26 Å². The first kappa shape index (κ1) is 17.2. The van der Waals surface area contributed by atoms with Crippen LogP contribution in [0.3, 0.4) is 0 Å². The molecule has 2 N–H and O–H groups in total. The fraction of sp³-hybridized carbons (Fsp3) is 0.500. The minimum Gasteiger partial charge on any atom is -0.493 e. The molecule has 1 heterocycles. The second-order valence-corrected chi connectivity index (χ2v) is 6.44. The van der Waals surface area contributed by atoms with Gasteiger partial charge in [-0.05, 0) is 31.0 Å². The molecule has 1 aliphatic carbocycles. The minimum atomic E-state index is -0.516. The van der Waals surface area contributed by atoms with Crippen LogP contribution < -0.4 is 10.5 Å². The molecule has 0 spiro atoms. The summed E-state index contributed by atoms with van der Waals surface area (Å²) in [5.74, 6) is -0.0167. The van der Waals surface area contributed by atoms with E-state index in [1.54, 1.807) is 29.2 Å². The molecule has 2 amide bonds. The lowest BCUT2D eigenvalue weighted by Crippen LogP contribution is -2.55. The van der Waals surface area contributed by atoms with Crippen molar-refractivity contribution >= 4 is 11.8 Å². The number of benzene rings is 1. The topological polar surface area (TPSA) is 99.7 Å². The van der Waals surface area contributed by atoms with Gasteiger partial charge in [0, 0.05) is 31.2 Å². The number of nitrogens with zero attached hydrogens (tertiary/aromatic N) is 3. The Morgan fingerprint density at radius 2 is 2.12 bits per heavy atom. The van der Waals surface area contributed by atoms with Gasteiger partial charge in [0.2, 0.25) is 11.8 Å².